The molecule has 1 heterocycles. The highest BCUT2D eigenvalue weighted by molar-refractivity contribution is 14.0. The van der Waals surface area contributed by atoms with Gasteiger partial charge in [0.05, 0.1) is 26.9 Å². The minimum Gasteiger partial charge on any atom is -0.497 e. The second-order valence-corrected chi connectivity index (χ2v) is 7.69. The van der Waals surface area contributed by atoms with Gasteiger partial charge in [-0.2, -0.15) is 0 Å². The van der Waals surface area contributed by atoms with Crippen LogP contribution in [0.1, 0.15) is 44.8 Å². The van der Waals surface area contributed by atoms with E-state index in [2.05, 4.69) is 27.4 Å². The van der Waals surface area contributed by atoms with Gasteiger partial charge in [-0.1, -0.05) is 6.92 Å². The lowest BCUT2D eigenvalue weighted by Crippen LogP contribution is -2.40. The number of aliphatic hydroxyl groups excluding tert-OH is 1. The fourth-order valence-corrected chi connectivity index (χ4v) is 3.44. The molecule has 0 bridgehead atoms. The molecule has 7 nitrogen and oxygen atoms in total. The molecule has 0 spiro atoms. The van der Waals surface area contributed by atoms with Crippen molar-refractivity contribution in [3.8, 4) is 11.5 Å². The molecule has 1 atom stereocenters. The number of methoxy groups -OCH3 is 2. The molecule has 1 unspecified atom stereocenters. The Hall–Kier alpha value is -1.26. The molecule has 0 amide bonds. The second kappa shape index (κ2) is 14.7. The van der Waals surface area contributed by atoms with Crippen molar-refractivity contribution < 1.29 is 14.6 Å². The SMILES string of the molecule is CCNC(=NCC(O)c1cc(OC)cc(OC)c1)NCCCN1CCC(C)CC1.I. The summed E-state index contributed by atoms with van der Waals surface area (Å²) in [7, 11) is 3.20. The van der Waals surface area contributed by atoms with Gasteiger partial charge < -0.3 is 30.1 Å². The normalized spacial score (nSPS) is 16.5. The summed E-state index contributed by atoms with van der Waals surface area (Å²) >= 11 is 0. The van der Waals surface area contributed by atoms with Crippen molar-refractivity contribution in [3.05, 3.63) is 23.8 Å². The van der Waals surface area contributed by atoms with Gasteiger partial charge in [0.25, 0.3) is 0 Å². The Morgan fingerprint density at radius 3 is 2.37 bits per heavy atom. The maximum absolute atomic E-state index is 10.6. The fraction of sp³-hybridized carbons (Fsp3) is 0.682. The molecule has 1 saturated heterocycles. The predicted molar refractivity (Wildman–Crippen MR) is 133 cm³/mol. The summed E-state index contributed by atoms with van der Waals surface area (Å²) in [4.78, 5) is 7.09. The number of nitrogens with zero attached hydrogens (tertiary/aromatic N) is 2. The lowest BCUT2D eigenvalue weighted by molar-refractivity contribution is 0.186. The van der Waals surface area contributed by atoms with Crippen molar-refractivity contribution in [2.24, 2.45) is 10.9 Å². The van der Waals surface area contributed by atoms with Crippen LogP contribution in [0.2, 0.25) is 0 Å². The molecule has 0 aromatic heterocycles. The zero-order valence-electron chi connectivity index (χ0n) is 18.8. The zero-order valence-corrected chi connectivity index (χ0v) is 21.1. The van der Waals surface area contributed by atoms with Crippen LogP contribution in [0.4, 0.5) is 0 Å². The van der Waals surface area contributed by atoms with E-state index in [1.54, 1.807) is 20.3 Å². The first-order valence-corrected chi connectivity index (χ1v) is 10.7. The van der Waals surface area contributed by atoms with E-state index in [0.717, 1.165) is 43.5 Å². The molecule has 30 heavy (non-hydrogen) atoms. The summed E-state index contributed by atoms with van der Waals surface area (Å²) in [6, 6.07) is 5.40. The lowest BCUT2D eigenvalue weighted by atomic mass is 9.99. The first-order chi connectivity index (χ1) is 14.0. The van der Waals surface area contributed by atoms with Crippen LogP contribution in [0.15, 0.2) is 23.2 Å². The number of aliphatic hydroxyl groups is 1. The van der Waals surface area contributed by atoms with Crippen molar-refractivity contribution in [3.63, 3.8) is 0 Å². The molecule has 1 aromatic rings. The molecule has 1 fully saturated rings. The largest absolute Gasteiger partial charge is 0.497 e. The van der Waals surface area contributed by atoms with Crippen LogP contribution >= 0.6 is 24.0 Å². The van der Waals surface area contributed by atoms with Gasteiger partial charge in [-0.15, -0.1) is 24.0 Å². The van der Waals surface area contributed by atoms with Crippen LogP contribution < -0.4 is 20.1 Å². The number of guanidine groups is 1. The lowest BCUT2D eigenvalue weighted by Gasteiger charge is -2.30. The molecule has 0 radical (unpaired) electrons. The second-order valence-electron chi connectivity index (χ2n) is 7.69. The van der Waals surface area contributed by atoms with E-state index in [0.29, 0.717) is 11.5 Å². The zero-order chi connectivity index (χ0) is 21.1. The van der Waals surface area contributed by atoms with E-state index in [1.165, 1.54) is 25.9 Å². The number of hydrogen-bond acceptors (Lipinski definition) is 5. The van der Waals surface area contributed by atoms with E-state index in [-0.39, 0.29) is 30.5 Å². The molecular weight excluding hydrogens is 495 g/mol. The van der Waals surface area contributed by atoms with Gasteiger partial charge in [-0.05, 0) is 69.4 Å². The van der Waals surface area contributed by atoms with Gasteiger partial charge in [-0.25, -0.2) is 0 Å². The number of benzene rings is 1. The van der Waals surface area contributed by atoms with Gasteiger partial charge >= 0.3 is 0 Å². The van der Waals surface area contributed by atoms with Gasteiger partial charge in [0, 0.05) is 19.2 Å². The molecule has 2 rings (SSSR count). The van der Waals surface area contributed by atoms with E-state index in [4.69, 9.17) is 9.47 Å². The molecule has 1 aromatic carbocycles. The number of ether oxygens (including phenoxy) is 2. The number of halogens is 1. The Morgan fingerprint density at radius 1 is 1.17 bits per heavy atom. The van der Waals surface area contributed by atoms with Gasteiger partial charge in [0.2, 0.25) is 0 Å². The number of rotatable bonds is 10. The highest BCUT2D eigenvalue weighted by Crippen LogP contribution is 2.26. The van der Waals surface area contributed by atoms with E-state index in [9.17, 15) is 5.11 Å². The Balaban J connectivity index is 0.00000450. The van der Waals surface area contributed by atoms with Crippen molar-refractivity contribution in [1.82, 2.24) is 15.5 Å². The first-order valence-electron chi connectivity index (χ1n) is 10.7. The average Bonchev–Trinajstić information content (AvgIpc) is 2.75. The fourth-order valence-electron chi connectivity index (χ4n) is 3.44. The smallest absolute Gasteiger partial charge is 0.191 e. The number of likely N-dealkylation sites (tertiary alicyclic amines) is 1. The van der Waals surface area contributed by atoms with Gasteiger partial charge in [0.1, 0.15) is 11.5 Å². The summed E-state index contributed by atoms with van der Waals surface area (Å²) in [5.41, 5.74) is 0.722. The Kier molecular flexibility index (Phi) is 13.1. The Morgan fingerprint density at radius 2 is 1.80 bits per heavy atom. The van der Waals surface area contributed by atoms with Crippen molar-refractivity contribution in [1.29, 1.82) is 0 Å². The van der Waals surface area contributed by atoms with Crippen LogP contribution in [0.3, 0.4) is 0 Å². The minimum atomic E-state index is -0.732. The van der Waals surface area contributed by atoms with Crippen LogP contribution in [0.25, 0.3) is 0 Å². The molecule has 8 heteroatoms. The van der Waals surface area contributed by atoms with Crippen molar-refractivity contribution in [2.45, 2.75) is 39.2 Å². The molecule has 0 aliphatic carbocycles. The third kappa shape index (κ3) is 9.26. The summed E-state index contributed by atoms with van der Waals surface area (Å²) in [5.74, 6) is 2.90. The quantitative estimate of drug-likeness (QED) is 0.186. The van der Waals surface area contributed by atoms with Crippen LogP contribution in [-0.4, -0.2) is 69.5 Å². The van der Waals surface area contributed by atoms with Crippen molar-refractivity contribution >= 4 is 29.9 Å². The Labute approximate surface area is 198 Å². The summed E-state index contributed by atoms with van der Waals surface area (Å²) in [6.07, 6.45) is 2.97. The van der Waals surface area contributed by atoms with Crippen LogP contribution in [0.5, 0.6) is 11.5 Å². The summed E-state index contributed by atoms with van der Waals surface area (Å²) in [6.45, 7) is 9.82. The van der Waals surface area contributed by atoms with Gasteiger partial charge in [-0.3, -0.25) is 4.99 Å². The summed E-state index contributed by atoms with van der Waals surface area (Å²) < 4.78 is 10.6. The maximum Gasteiger partial charge on any atom is 0.191 e. The highest BCUT2D eigenvalue weighted by Gasteiger charge is 2.15. The molecule has 172 valence electrons. The minimum absolute atomic E-state index is 0. The average molecular weight is 534 g/mol. The predicted octanol–water partition coefficient (Wildman–Crippen LogP) is 3.03. The molecule has 3 N–H and O–H groups in total. The van der Waals surface area contributed by atoms with Crippen LogP contribution in [-0.2, 0) is 0 Å². The first kappa shape index (κ1) is 26.8. The number of hydrogen-bond donors (Lipinski definition) is 3. The maximum atomic E-state index is 10.6. The topological polar surface area (TPSA) is 78.4 Å². The van der Waals surface area contributed by atoms with E-state index >= 15 is 0 Å². The third-order valence-corrected chi connectivity index (χ3v) is 5.34. The summed E-state index contributed by atoms with van der Waals surface area (Å²) in [5, 5.41) is 17.2. The highest BCUT2D eigenvalue weighted by atomic mass is 127. The standard InChI is InChI=1S/C22H38N4O3.HI/c1-5-23-22(24-9-6-10-26-11-7-17(2)8-12-26)25-16-21(27)18-13-19(28-3)15-20(14-18)29-4;/h13-15,17,21,27H,5-12,16H2,1-4H3,(H2,23,24,25);1H. The van der Waals surface area contributed by atoms with Crippen LogP contribution in [0, 0.1) is 5.92 Å². The monoisotopic (exact) mass is 534 g/mol. The van der Waals surface area contributed by atoms with E-state index < -0.39 is 6.10 Å². The molecule has 1 aliphatic heterocycles. The molecule has 1 aliphatic rings. The number of piperidine rings is 1. The third-order valence-electron chi connectivity index (χ3n) is 5.34. The van der Waals surface area contributed by atoms with Gasteiger partial charge in [0.15, 0.2) is 5.96 Å². The molecular formula is C22H39IN4O3. The molecule has 0 saturated carbocycles. The number of nitrogens with one attached hydrogen (secondary N) is 2. The Bertz CT molecular complexity index is 615. The van der Waals surface area contributed by atoms with Crippen molar-refractivity contribution in [2.75, 3.05) is 53.5 Å². The van der Waals surface area contributed by atoms with E-state index in [1.807, 2.05) is 19.1 Å². The number of aliphatic imine (C=N–C) groups is 1.